The molecule has 0 spiro atoms. The van der Waals surface area contributed by atoms with E-state index in [1.54, 1.807) is 25.1 Å². The van der Waals surface area contributed by atoms with Crippen LogP contribution in [-0.4, -0.2) is 25.9 Å². The maximum atomic E-state index is 12.6. The number of rotatable bonds is 3. The van der Waals surface area contributed by atoms with Crippen LogP contribution in [0.5, 0.6) is 0 Å². The lowest BCUT2D eigenvalue weighted by atomic mass is 10.2. The molecule has 0 bridgehead atoms. The van der Waals surface area contributed by atoms with E-state index in [0.717, 1.165) is 27.3 Å². The number of carbonyl (C=O) groups excluding carboxylic acids is 1. The van der Waals surface area contributed by atoms with Crippen molar-refractivity contribution in [1.82, 2.24) is 19.9 Å². The molecule has 0 unspecified atom stereocenters. The number of carbonyl (C=O) groups is 1. The second kappa shape index (κ2) is 7.04. The number of aromatic amines is 1. The standard InChI is InChI=1S/C21H20N4O3S/c1-9-13(5)29-20-17(9)19(26)24-18(25-20)12(4)28-21(27)14-6-7-15-16(8-14)23-11(3)10(2)22-15/h6-8,12H,1-5H3,(H,24,25,26)/t12-/m0/s1. The minimum Gasteiger partial charge on any atom is -0.451 e. The summed E-state index contributed by atoms with van der Waals surface area (Å²) in [6.45, 7) is 9.31. The van der Waals surface area contributed by atoms with Crippen molar-refractivity contribution < 1.29 is 9.53 Å². The average molecular weight is 408 g/mol. The first kappa shape index (κ1) is 19.2. The van der Waals surface area contributed by atoms with Crippen molar-refractivity contribution in [1.29, 1.82) is 0 Å². The number of aryl methyl sites for hydroxylation is 4. The third kappa shape index (κ3) is 3.40. The van der Waals surface area contributed by atoms with Gasteiger partial charge in [0.25, 0.3) is 5.56 Å². The number of esters is 1. The highest BCUT2D eigenvalue weighted by atomic mass is 32.1. The fourth-order valence-electron chi connectivity index (χ4n) is 3.11. The Morgan fingerprint density at radius 1 is 1.07 bits per heavy atom. The van der Waals surface area contributed by atoms with E-state index in [2.05, 4.69) is 19.9 Å². The second-order valence-corrected chi connectivity index (χ2v) is 8.26. The molecule has 0 radical (unpaired) electrons. The quantitative estimate of drug-likeness (QED) is 0.513. The number of nitrogens with one attached hydrogen (secondary N) is 1. The average Bonchev–Trinajstić information content (AvgIpc) is 2.96. The van der Waals surface area contributed by atoms with Crippen molar-refractivity contribution in [3.8, 4) is 0 Å². The summed E-state index contributed by atoms with van der Waals surface area (Å²) in [5.41, 5.74) is 4.09. The second-order valence-electron chi connectivity index (χ2n) is 7.06. The maximum Gasteiger partial charge on any atom is 0.338 e. The molecule has 3 heterocycles. The summed E-state index contributed by atoms with van der Waals surface area (Å²) in [5.74, 6) is -0.190. The lowest BCUT2D eigenvalue weighted by Crippen LogP contribution is -2.17. The van der Waals surface area contributed by atoms with Gasteiger partial charge in [0.15, 0.2) is 11.9 Å². The fraction of sp³-hybridized carbons (Fsp3) is 0.286. The molecule has 0 aliphatic rings. The fourth-order valence-corrected chi connectivity index (χ4v) is 4.14. The van der Waals surface area contributed by atoms with E-state index in [0.29, 0.717) is 27.1 Å². The SMILES string of the molecule is Cc1nc2ccc(C(=O)O[C@@H](C)c3nc4sc(C)c(C)c4c(=O)[nH]3)cc2nc1C. The highest BCUT2D eigenvalue weighted by Crippen LogP contribution is 2.27. The Hall–Kier alpha value is -3.13. The predicted octanol–water partition coefficient (Wildman–Crippen LogP) is 4.08. The van der Waals surface area contributed by atoms with Crippen molar-refractivity contribution in [2.24, 2.45) is 0 Å². The number of hydrogen-bond donors (Lipinski definition) is 1. The molecule has 3 aromatic heterocycles. The molecule has 148 valence electrons. The molecule has 4 rings (SSSR count). The van der Waals surface area contributed by atoms with Crippen LogP contribution in [0.1, 0.15) is 51.0 Å². The summed E-state index contributed by atoms with van der Waals surface area (Å²) in [5, 5.41) is 0.591. The van der Waals surface area contributed by atoms with Crippen molar-refractivity contribution >= 4 is 38.6 Å². The molecule has 0 aliphatic heterocycles. The minimum absolute atomic E-state index is 0.221. The highest BCUT2D eigenvalue weighted by Gasteiger charge is 2.19. The highest BCUT2D eigenvalue weighted by molar-refractivity contribution is 7.18. The zero-order valence-corrected chi connectivity index (χ0v) is 17.6. The minimum atomic E-state index is -0.705. The summed E-state index contributed by atoms with van der Waals surface area (Å²) in [6, 6.07) is 5.07. The summed E-state index contributed by atoms with van der Waals surface area (Å²) in [7, 11) is 0. The van der Waals surface area contributed by atoms with E-state index < -0.39 is 12.1 Å². The summed E-state index contributed by atoms with van der Waals surface area (Å²) < 4.78 is 5.55. The smallest absolute Gasteiger partial charge is 0.338 e. The van der Waals surface area contributed by atoms with E-state index in [1.807, 2.05) is 27.7 Å². The number of ether oxygens (including phenoxy) is 1. The molecule has 8 heteroatoms. The van der Waals surface area contributed by atoms with E-state index in [-0.39, 0.29) is 5.56 Å². The van der Waals surface area contributed by atoms with Crippen LogP contribution in [-0.2, 0) is 4.74 Å². The van der Waals surface area contributed by atoms with Gasteiger partial charge in [-0.05, 0) is 58.4 Å². The Morgan fingerprint density at radius 3 is 2.48 bits per heavy atom. The third-order valence-corrected chi connectivity index (χ3v) is 6.14. The predicted molar refractivity (Wildman–Crippen MR) is 113 cm³/mol. The molecule has 29 heavy (non-hydrogen) atoms. The molecule has 0 amide bonds. The van der Waals surface area contributed by atoms with Crippen molar-refractivity contribution in [3.63, 3.8) is 0 Å². The lowest BCUT2D eigenvalue weighted by molar-refractivity contribution is 0.0320. The van der Waals surface area contributed by atoms with E-state index >= 15 is 0 Å². The topological polar surface area (TPSA) is 97.8 Å². The molecular formula is C21H20N4O3S. The number of thiophene rings is 1. The van der Waals surface area contributed by atoms with Crippen LogP contribution in [0.25, 0.3) is 21.3 Å². The zero-order chi connectivity index (χ0) is 20.9. The number of aromatic nitrogens is 4. The Labute approximate surface area is 170 Å². The Balaban J connectivity index is 1.63. The van der Waals surface area contributed by atoms with Crippen LogP contribution in [0.2, 0.25) is 0 Å². The van der Waals surface area contributed by atoms with Gasteiger partial charge in [0, 0.05) is 4.88 Å². The van der Waals surface area contributed by atoms with Crippen LogP contribution in [0.4, 0.5) is 0 Å². The zero-order valence-electron chi connectivity index (χ0n) is 16.8. The molecule has 1 atom stereocenters. The van der Waals surface area contributed by atoms with Crippen molar-refractivity contribution in [2.75, 3.05) is 0 Å². The monoisotopic (exact) mass is 408 g/mol. The van der Waals surface area contributed by atoms with E-state index in [4.69, 9.17) is 4.74 Å². The third-order valence-electron chi connectivity index (χ3n) is 5.04. The van der Waals surface area contributed by atoms with Crippen LogP contribution >= 0.6 is 11.3 Å². The molecule has 0 saturated heterocycles. The Bertz CT molecular complexity index is 1340. The molecule has 0 saturated carbocycles. The maximum absolute atomic E-state index is 12.6. The molecule has 0 aliphatic carbocycles. The molecule has 0 fully saturated rings. The van der Waals surface area contributed by atoms with Gasteiger partial charge in [-0.25, -0.2) is 19.7 Å². The van der Waals surface area contributed by atoms with Crippen molar-refractivity contribution in [3.05, 3.63) is 61.8 Å². The number of fused-ring (bicyclic) bond motifs is 2. The van der Waals surface area contributed by atoms with Gasteiger partial charge in [0.05, 0.1) is 33.4 Å². The van der Waals surface area contributed by atoms with Crippen LogP contribution in [0.3, 0.4) is 0 Å². The first-order chi connectivity index (χ1) is 13.7. The van der Waals surface area contributed by atoms with Gasteiger partial charge in [0.2, 0.25) is 0 Å². The van der Waals surface area contributed by atoms with Crippen molar-refractivity contribution in [2.45, 2.75) is 40.7 Å². The Kier molecular flexibility index (Phi) is 4.66. The Morgan fingerprint density at radius 2 is 1.76 bits per heavy atom. The van der Waals surface area contributed by atoms with Gasteiger partial charge in [-0.1, -0.05) is 0 Å². The first-order valence-electron chi connectivity index (χ1n) is 9.20. The van der Waals surface area contributed by atoms with E-state index in [9.17, 15) is 9.59 Å². The van der Waals surface area contributed by atoms with Gasteiger partial charge in [-0.3, -0.25) is 4.79 Å². The van der Waals surface area contributed by atoms with Crippen LogP contribution < -0.4 is 5.56 Å². The summed E-state index contributed by atoms with van der Waals surface area (Å²) >= 11 is 1.46. The molecule has 1 aromatic carbocycles. The van der Waals surface area contributed by atoms with Crippen LogP contribution in [0.15, 0.2) is 23.0 Å². The van der Waals surface area contributed by atoms with Crippen LogP contribution in [0, 0.1) is 27.7 Å². The molecular weight excluding hydrogens is 388 g/mol. The number of hydrogen-bond acceptors (Lipinski definition) is 7. The number of nitrogens with zero attached hydrogens (tertiary/aromatic N) is 3. The normalized spacial score (nSPS) is 12.4. The number of H-pyrrole nitrogens is 1. The van der Waals surface area contributed by atoms with Gasteiger partial charge >= 0.3 is 5.97 Å². The van der Waals surface area contributed by atoms with Gasteiger partial charge < -0.3 is 9.72 Å². The van der Waals surface area contributed by atoms with Gasteiger partial charge in [-0.15, -0.1) is 11.3 Å². The molecule has 4 aromatic rings. The summed E-state index contributed by atoms with van der Waals surface area (Å²) in [4.78, 5) is 43.0. The summed E-state index contributed by atoms with van der Waals surface area (Å²) in [6.07, 6.45) is -0.705. The van der Waals surface area contributed by atoms with Gasteiger partial charge in [-0.2, -0.15) is 0 Å². The number of benzene rings is 1. The van der Waals surface area contributed by atoms with Gasteiger partial charge in [0.1, 0.15) is 4.83 Å². The lowest BCUT2D eigenvalue weighted by Gasteiger charge is -2.13. The first-order valence-corrected chi connectivity index (χ1v) is 10.0. The largest absolute Gasteiger partial charge is 0.451 e. The molecule has 1 N–H and O–H groups in total. The van der Waals surface area contributed by atoms with E-state index in [1.165, 1.54) is 11.3 Å². The molecule has 7 nitrogen and oxygen atoms in total.